The maximum absolute atomic E-state index is 11.7. The van der Waals surface area contributed by atoms with Crippen LogP contribution in [-0.2, 0) is 0 Å². The molecule has 0 radical (unpaired) electrons. The van der Waals surface area contributed by atoms with Gasteiger partial charge in [0.15, 0.2) is 4.34 Å². The number of carbonyl (C=O) groups is 1. The van der Waals surface area contributed by atoms with Crippen molar-refractivity contribution in [1.82, 2.24) is 10.2 Å². The number of thioether (sulfide) groups is 1. The van der Waals surface area contributed by atoms with Crippen LogP contribution in [0.2, 0.25) is 0 Å². The van der Waals surface area contributed by atoms with Crippen molar-refractivity contribution in [2.24, 2.45) is 0 Å². The van der Waals surface area contributed by atoms with Gasteiger partial charge in [-0.25, -0.2) is 4.79 Å². The summed E-state index contributed by atoms with van der Waals surface area (Å²) in [5.74, 6) is 1.51. The number of aromatic nitrogens is 2. The van der Waals surface area contributed by atoms with Crippen LogP contribution >= 0.6 is 23.1 Å². The molecule has 0 bridgehead atoms. The number of unbranched alkanes of at least 4 members (excludes halogenated alkanes) is 1. The highest BCUT2D eigenvalue weighted by molar-refractivity contribution is 8.01. The Morgan fingerprint density at radius 2 is 2.15 bits per heavy atom. The fourth-order valence-electron chi connectivity index (χ4n) is 1.33. The zero-order valence-corrected chi connectivity index (χ0v) is 12.7. The summed E-state index contributed by atoms with van der Waals surface area (Å²) < 4.78 is 5.96. The molecule has 0 aliphatic rings. The van der Waals surface area contributed by atoms with Gasteiger partial charge in [0.05, 0.1) is 0 Å². The SMILES string of the molecule is CCCCSc1nnc(NC(=O)Oc2ccccc2)s1. The lowest BCUT2D eigenvalue weighted by atomic mass is 10.3. The number of carbonyl (C=O) groups excluding carboxylic acids is 1. The van der Waals surface area contributed by atoms with Crippen LogP contribution in [0.15, 0.2) is 34.7 Å². The van der Waals surface area contributed by atoms with Gasteiger partial charge in [-0.3, -0.25) is 5.32 Å². The second kappa shape index (κ2) is 7.86. The Bertz CT molecular complexity index is 546. The number of benzene rings is 1. The summed E-state index contributed by atoms with van der Waals surface area (Å²) in [6.45, 7) is 2.15. The average molecular weight is 309 g/mol. The van der Waals surface area contributed by atoms with Crippen molar-refractivity contribution >= 4 is 34.3 Å². The molecule has 0 unspecified atom stereocenters. The van der Waals surface area contributed by atoms with E-state index >= 15 is 0 Å². The second-order valence-electron chi connectivity index (χ2n) is 3.90. The minimum absolute atomic E-state index is 0.449. The highest BCUT2D eigenvalue weighted by Crippen LogP contribution is 2.26. The lowest BCUT2D eigenvalue weighted by molar-refractivity contribution is 0.215. The van der Waals surface area contributed by atoms with Gasteiger partial charge in [-0.2, -0.15) is 0 Å². The van der Waals surface area contributed by atoms with E-state index in [-0.39, 0.29) is 0 Å². The Morgan fingerprint density at radius 1 is 1.35 bits per heavy atom. The normalized spacial score (nSPS) is 10.2. The number of para-hydroxylation sites is 1. The molecule has 1 N–H and O–H groups in total. The molecule has 2 rings (SSSR count). The van der Waals surface area contributed by atoms with Crippen LogP contribution in [0.25, 0.3) is 0 Å². The van der Waals surface area contributed by atoms with Crippen LogP contribution in [0, 0.1) is 0 Å². The Labute approximate surface area is 125 Å². The van der Waals surface area contributed by atoms with Gasteiger partial charge in [-0.15, -0.1) is 10.2 Å². The molecule has 1 heterocycles. The predicted molar refractivity (Wildman–Crippen MR) is 81.6 cm³/mol. The van der Waals surface area contributed by atoms with Gasteiger partial charge < -0.3 is 4.74 Å². The summed E-state index contributed by atoms with van der Waals surface area (Å²) in [6, 6.07) is 8.89. The molecule has 0 spiro atoms. The van der Waals surface area contributed by atoms with Gasteiger partial charge in [-0.1, -0.05) is 54.6 Å². The third-order valence-corrected chi connectivity index (χ3v) is 4.35. The van der Waals surface area contributed by atoms with Crippen LogP contribution in [0.3, 0.4) is 0 Å². The van der Waals surface area contributed by atoms with Crippen LogP contribution in [-0.4, -0.2) is 22.0 Å². The number of ether oxygens (including phenoxy) is 1. The molecule has 0 saturated carbocycles. The highest BCUT2D eigenvalue weighted by Gasteiger charge is 2.09. The molecule has 1 aromatic heterocycles. The highest BCUT2D eigenvalue weighted by atomic mass is 32.2. The van der Waals surface area contributed by atoms with Gasteiger partial charge in [0.25, 0.3) is 0 Å². The zero-order chi connectivity index (χ0) is 14.2. The van der Waals surface area contributed by atoms with E-state index in [4.69, 9.17) is 4.74 Å². The molecule has 0 aliphatic carbocycles. The Kier molecular flexibility index (Phi) is 5.82. The molecule has 7 heteroatoms. The monoisotopic (exact) mass is 309 g/mol. The van der Waals surface area contributed by atoms with Gasteiger partial charge in [-0.05, 0) is 18.6 Å². The van der Waals surface area contributed by atoms with Crippen molar-refractivity contribution in [3.8, 4) is 5.75 Å². The summed E-state index contributed by atoms with van der Waals surface area (Å²) in [5, 5.41) is 10.9. The maximum atomic E-state index is 11.7. The fourth-order valence-corrected chi connectivity index (χ4v) is 3.22. The first-order valence-electron chi connectivity index (χ1n) is 6.28. The van der Waals surface area contributed by atoms with Gasteiger partial charge >= 0.3 is 6.09 Å². The van der Waals surface area contributed by atoms with Gasteiger partial charge in [0, 0.05) is 5.75 Å². The number of rotatable bonds is 6. The summed E-state index contributed by atoms with van der Waals surface area (Å²) in [5.41, 5.74) is 0. The van der Waals surface area contributed by atoms with Crippen molar-refractivity contribution in [2.75, 3.05) is 11.1 Å². The third kappa shape index (κ3) is 4.82. The van der Waals surface area contributed by atoms with Crippen LogP contribution in [0.4, 0.5) is 9.93 Å². The Balaban J connectivity index is 1.82. The molecule has 20 heavy (non-hydrogen) atoms. The third-order valence-electron chi connectivity index (χ3n) is 2.29. The number of nitrogens with zero attached hydrogens (tertiary/aromatic N) is 2. The number of amides is 1. The fraction of sp³-hybridized carbons (Fsp3) is 0.308. The van der Waals surface area contributed by atoms with E-state index in [2.05, 4.69) is 22.4 Å². The molecule has 1 amide bonds. The summed E-state index contributed by atoms with van der Waals surface area (Å²) >= 11 is 3.00. The van der Waals surface area contributed by atoms with Crippen LogP contribution < -0.4 is 10.1 Å². The first kappa shape index (κ1) is 14.8. The molecule has 0 atom stereocenters. The number of hydrogen-bond donors (Lipinski definition) is 1. The number of nitrogens with one attached hydrogen (secondary N) is 1. The smallest absolute Gasteiger partial charge is 0.410 e. The van der Waals surface area contributed by atoms with E-state index in [0.29, 0.717) is 10.9 Å². The van der Waals surface area contributed by atoms with Crippen molar-refractivity contribution in [1.29, 1.82) is 0 Å². The lowest BCUT2D eigenvalue weighted by Crippen LogP contribution is -2.16. The molecule has 0 saturated heterocycles. The van der Waals surface area contributed by atoms with E-state index in [9.17, 15) is 4.79 Å². The molecule has 1 aromatic carbocycles. The molecule has 5 nitrogen and oxygen atoms in total. The summed E-state index contributed by atoms with van der Waals surface area (Å²) in [7, 11) is 0. The largest absolute Gasteiger partial charge is 0.418 e. The Morgan fingerprint density at radius 3 is 2.90 bits per heavy atom. The molecule has 2 aromatic rings. The minimum atomic E-state index is -0.558. The van der Waals surface area contributed by atoms with E-state index in [1.807, 2.05) is 6.07 Å². The molecule has 106 valence electrons. The van der Waals surface area contributed by atoms with Crippen LogP contribution in [0.5, 0.6) is 5.75 Å². The zero-order valence-electron chi connectivity index (χ0n) is 11.0. The van der Waals surface area contributed by atoms with Crippen molar-refractivity contribution < 1.29 is 9.53 Å². The van der Waals surface area contributed by atoms with E-state index in [1.165, 1.54) is 11.3 Å². The van der Waals surface area contributed by atoms with Gasteiger partial charge in [0.2, 0.25) is 5.13 Å². The lowest BCUT2D eigenvalue weighted by Gasteiger charge is -2.02. The standard InChI is InChI=1S/C13H15N3O2S2/c1-2-3-9-19-13-16-15-11(20-13)14-12(17)18-10-7-5-4-6-8-10/h4-8H,2-3,9H2,1H3,(H,14,15,17). The summed E-state index contributed by atoms with van der Waals surface area (Å²) in [6.07, 6.45) is 1.74. The second-order valence-corrected chi connectivity index (χ2v) is 6.22. The number of hydrogen-bond acceptors (Lipinski definition) is 6. The molecular weight excluding hydrogens is 294 g/mol. The first-order valence-corrected chi connectivity index (χ1v) is 8.08. The van der Waals surface area contributed by atoms with E-state index in [0.717, 1.165) is 22.9 Å². The quantitative estimate of drug-likeness (QED) is 0.495. The van der Waals surface area contributed by atoms with Crippen LogP contribution in [0.1, 0.15) is 19.8 Å². The Hall–Kier alpha value is -1.60. The first-order chi connectivity index (χ1) is 9.78. The maximum Gasteiger partial charge on any atom is 0.418 e. The molecule has 0 aliphatic heterocycles. The van der Waals surface area contributed by atoms with E-state index < -0.39 is 6.09 Å². The minimum Gasteiger partial charge on any atom is -0.410 e. The average Bonchev–Trinajstić information content (AvgIpc) is 2.87. The molecule has 0 fully saturated rings. The van der Waals surface area contributed by atoms with Gasteiger partial charge in [0.1, 0.15) is 5.75 Å². The van der Waals surface area contributed by atoms with E-state index in [1.54, 1.807) is 36.0 Å². The molecular formula is C13H15N3O2S2. The summed E-state index contributed by atoms with van der Waals surface area (Å²) in [4.78, 5) is 11.7. The van der Waals surface area contributed by atoms with Crippen molar-refractivity contribution in [3.05, 3.63) is 30.3 Å². The van der Waals surface area contributed by atoms with Crippen molar-refractivity contribution in [3.63, 3.8) is 0 Å². The topological polar surface area (TPSA) is 64.1 Å². The van der Waals surface area contributed by atoms with Crippen molar-refractivity contribution in [2.45, 2.75) is 24.1 Å². The predicted octanol–water partition coefficient (Wildman–Crippen LogP) is 4.04. The number of anilines is 1.